The molecule has 0 N–H and O–H groups in total. The Morgan fingerprint density at radius 3 is 1.20 bits per heavy atom. The lowest BCUT2D eigenvalue weighted by Crippen LogP contribution is -2.85. The lowest BCUT2D eigenvalue weighted by atomic mass is 10.0. The number of fused-ring (bicyclic) bond motifs is 3. The van der Waals surface area contributed by atoms with Crippen molar-refractivity contribution in [3.8, 4) is 11.1 Å². The zero-order valence-corrected chi connectivity index (χ0v) is 24.6. The predicted molar refractivity (Wildman–Crippen MR) is 150 cm³/mol. The van der Waals surface area contributed by atoms with Gasteiger partial charge in [-0.2, -0.15) is 0 Å². The van der Waals surface area contributed by atoms with Crippen LogP contribution in [0.1, 0.15) is 27.8 Å². The van der Waals surface area contributed by atoms with E-state index >= 15 is 0 Å². The van der Waals surface area contributed by atoms with Crippen molar-refractivity contribution in [2.45, 2.75) is 64.5 Å². The normalized spacial score (nSPS) is 15.0. The Bertz CT molecular complexity index is 904. The molecule has 0 aliphatic heterocycles. The van der Waals surface area contributed by atoms with Gasteiger partial charge in [-0.05, 0) is 38.9 Å². The maximum absolute atomic E-state index is 4.09. The van der Waals surface area contributed by atoms with Crippen molar-refractivity contribution in [3.05, 3.63) is 71.8 Å². The molecule has 3 rings (SSSR count). The van der Waals surface area contributed by atoms with E-state index in [1.54, 1.807) is 11.1 Å². The van der Waals surface area contributed by atoms with E-state index in [-0.39, 0.29) is 0 Å². The highest BCUT2D eigenvalue weighted by Gasteiger charge is 2.66. The molecule has 0 bridgehead atoms. The molecule has 0 aromatic heterocycles. The highest BCUT2D eigenvalue weighted by molar-refractivity contribution is 7.89. The molecule has 0 spiro atoms. The number of hydrogen-bond acceptors (Lipinski definition) is 0. The molecule has 0 saturated heterocycles. The number of hydrogen-bond donors (Lipinski definition) is 0. The minimum absolute atomic E-state index is 0.618. The third kappa shape index (κ3) is 3.27. The molecule has 0 radical (unpaired) electrons. The molecule has 0 saturated carbocycles. The maximum Gasteiger partial charge on any atom is 0.0510 e. The molecule has 30 heavy (non-hydrogen) atoms. The Kier molecular flexibility index (Phi) is 5.81. The van der Waals surface area contributed by atoms with Crippen LogP contribution in [0, 0.1) is 0 Å². The second-order valence-electron chi connectivity index (χ2n) is 12.1. The van der Waals surface area contributed by atoms with E-state index in [2.05, 4.69) is 108 Å². The quantitative estimate of drug-likeness (QED) is 0.377. The van der Waals surface area contributed by atoms with Crippen LogP contribution in [0.15, 0.2) is 49.6 Å². The summed E-state index contributed by atoms with van der Waals surface area (Å²) in [6.07, 6.45) is 4.05. The van der Waals surface area contributed by atoms with Gasteiger partial charge in [0, 0.05) is 22.8 Å². The van der Waals surface area contributed by atoms with Gasteiger partial charge in [0.2, 0.25) is 0 Å². The van der Waals surface area contributed by atoms with Crippen LogP contribution in [0.25, 0.3) is 23.3 Å². The van der Waals surface area contributed by atoms with Gasteiger partial charge in [0.15, 0.2) is 0 Å². The van der Waals surface area contributed by atoms with E-state index in [0.29, 0.717) is 5.54 Å². The van der Waals surface area contributed by atoms with Gasteiger partial charge < -0.3 is 0 Å². The summed E-state index contributed by atoms with van der Waals surface area (Å²) >= 11 is 0. The van der Waals surface area contributed by atoms with Crippen LogP contribution in [-0.4, -0.2) is 29.4 Å². The second-order valence-corrected chi connectivity index (χ2v) is 52.9. The Labute approximate surface area is 188 Å². The first-order valence-electron chi connectivity index (χ1n) is 11.2. The van der Waals surface area contributed by atoms with Crippen LogP contribution in [0.3, 0.4) is 0 Å². The summed E-state index contributed by atoms with van der Waals surface area (Å²) in [5, 5.41) is 0. The third-order valence-electron chi connectivity index (χ3n) is 7.52. The minimum atomic E-state index is -1.69. The van der Waals surface area contributed by atoms with Crippen LogP contribution in [0.4, 0.5) is 0 Å². The monoisotopic (exact) mass is 464 g/mol. The lowest BCUT2D eigenvalue weighted by Gasteiger charge is -2.61. The number of rotatable bonds is 6. The van der Waals surface area contributed by atoms with Gasteiger partial charge in [0.25, 0.3) is 0 Å². The molecular formula is C26H40Si4. The Hall–Kier alpha value is -1.21. The second kappa shape index (κ2) is 7.43. The van der Waals surface area contributed by atoms with Gasteiger partial charge in [0.05, 0.1) is 6.63 Å². The van der Waals surface area contributed by atoms with Gasteiger partial charge in [-0.3, -0.25) is 0 Å². The molecule has 0 heterocycles. The van der Waals surface area contributed by atoms with E-state index in [1.807, 2.05) is 12.2 Å². The molecule has 0 unspecified atom stereocenters. The SMILES string of the molecule is C=Cc1ccc2c(c1)C([Si]([Si](C)(C)C)([Si](C)(C)C)[Si](C)(C)C)c1cc(C=C)ccc1-2. The summed E-state index contributed by atoms with van der Waals surface area (Å²) in [5.41, 5.74) is 9.32. The van der Waals surface area contributed by atoms with E-state index in [1.165, 1.54) is 22.3 Å². The standard InChI is InChI=1S/C26H40Si4/c1-12-20-14-16-22-23-17-15-21(13-2)19-25(23)26(24(22)18-20)30(27(3,4)5,28(6,7)8)29(9,10)11/h12-19,26H,1-2H2,3-11H3. The minimum Gasteiger partial charge on any atom is -0.0985 e. The van der Waals surface area contributed by atoms with Gasteiger partial charge in [-0.25, -0.2) is 0 Å². The van der Waals surface area contributed by atoms with Gasteiger partial charge in [0.1, 0.15) is 0 Å². The molecule has 1 aliphatic rings. The zero-order valence-electron chi connectivity index (χ0n) is 20.6. The highest BCUT2D eigenvalue weighted by atomic mass is 29.9. The zero-order chi connectivity index (χ0) is 22.7. The summed E-state index contributed by atoms with van der Waals surface area (Å²) in [6, 6.07) is 14.2. The van der Waals surface area contributed by atoms with Gasteiger partial charge in [-0.15, -0.1) is 0 Å². The fourth-order valence-electron chi connectivity index (χ4n) is 7.69. The predicted octanol–water partition coefficient (Wildman–Crippen LogP) is 8.32. The Morgan fingerprint density at radius 1 is 0.600 bits per heavy atom. The molecule has 1 aliphatic carbocycles. The molecule has 0 fully saturated rings. The molecule has 0 atom stereocenters. The van der Waals surface area contributed by atoms with Gasteiger partial charge >= 0.3 is 0 Å². The fourth-order valence-corrected chi connectivity index (χ4v) is 110. The average molecular weight is 465 g/mol. The Balaban J connectivity index is 2.54. The summed E-state index contributed by atoms with van der Waals surface area (Å²) in [4.78, 5) is 0. The number of benzene rings is 2. The molecule has 0 nitrogen and oxygen atoms in total. The molecular weight excluding hydrogens is 425 g/mol. The first-order valence-corrected chi connectivity index (χ1v) is 26.8. The summed E-state index contributed by atoms with van der Waals surface area (Å²) in [5.74, 6) is 0. The van der Waals surface area contributed by atoms with Crippen molar-refractivity contribution >= 4 is 41.6 Å². The average Bonchev–Trinajstić information content (AvgIpc) is 2.91. The van der Waals surface area contributed by atoms with Crippen LogP contribution in [0.2, 0.25) is 58.9 Å². The Morgan fingerprint density at radius 2 is 0.933 bits per heavy atom. The highest BCUT2D eigenvalue weighted by Crippen LogP contribution is 2.56. The van der Waals surface area contributed by atoms with Crippen molar-refractivity contribution in [2.75, 3.05) is 0 Å². The smallest absolute Gasteiger partial charge is 0.0510 e. The van der Waals surface area contributed by atoms with E-state index in [4.69, 9.17) is 0 Å². The third-order valence-corrected chi connectivity index (χ3v) is 80.5. The van der Waals surface area contributed by atoms with Crippen molar-refractivity contribution < 1.29 is 0 Å². The summed E-state index contributed by atoms with van der Waals surface area (Å²) in [6.45, 7) is 30.9. The van der Waals surface area contributed by atoms with Crippen LogP contribution in [-0.2, 0) is 0 Å². The maximum atomic E-state index is 4.09. The molecule has 160 valence electrons. The van der Waals surface area contributed by atoms with Crippen molar-refractivity contribution in [2.24, 2.45) is 0 Å². The summed E-state index contributed by atoms with van der Waals surface area (Å²) < 4.78 is 0. The van der Waals surface area contributed by atoms with Crippen LogP contribution < -0.4 is 0 Å². The molecule has 2 aromatic carbocycles. The van der Waals surface area contributed by atoms with Crippen molar-refractivity contribution in [1.82, 2.24) is 0 Å². The summed E-state index contributed by atoms with van der Waals surface area (Å²) in [7, 11) is -4.36. The van der Waals surface area contributed by atoms with E-state index in [9.17, 15) is 0 Å². The van der Waals surface area contributed by atoms with E-state index in [0.717, 1.165) is 0 Å². The van der Waals surface area contributed by atoms with Gasteiger partial charge in [-0.1, -0.05) is 121 Å². The van der Waals surface area contributed by atoms with Crippen molar-refractivity contribution in [3.63, 3.8) is 0 Å². The molecule has 0 amide bonds. The largest absolute Gasteiger partial charge is 0.0985 e. The fraction of sp³-hybridized carbons (Fsp3) is 0.385. The molecule has 2 aromatic rings. The van der Waals surface area contributed by atoms with Crippen molar-refractivity contribution in [1.29, 1.82) is 0 Å². The van der Waals surface area contributed by atoms with Crippen LogP contribution >= 0.6 is 0 Å². The molecule has 4 heteroatoms. The first-order chi connectivity index (χ1) is 13.7. The first kappa shape index (κ1) is 23.5. The van der Waals surface area contributed by atoms with E-state index < -0.39 is 29.4 Å². The topological polar surface area (TPSA) is 0 Å². The van der Waals surface area contributed by atoms with Crippen LogP contribution in [0.5, 0.6) is 0 Å². The lowest BCUT2D eigenvalue weighted by molar-refractivity contribution is 1.16.